The van der Waals surface area contributed by atoms with Crippen molar-refractivity contribution in [3.8, 4) is 0 Å². The molecule has 0 radical (unpaired) electrons. The summed E-state index contributed by atoms with van der Waals surface area (Å²) in [6.07, 6.45) is 8.36. The summed E-state index contributed by atoms with van der Waals surface area (Å²) in [6.45, 7) is 8.37. The first-order chi connectivity index (χ1) is 7.58. The SMILES string of the molecule is CC.C[N+]1=CC(C)(C)C=Cc2cccnc21. The third-order valence-electron chi connectivity index (χ3n) is 2.37. The summed E-state index contributed by atoms with van der Waals surface area (Å²) in [5.41, 5.74) is 1.27. The predicted molar refractivity (Wildman–Crippen MR) is 70.3 cm³/mol. The number of aromatic nitrogens is 1. The molecule has 1 aromatic heterocycles. The predicted octanol–water partition coefficient (Wildman–Crippen LogP) is 3.51. The van der Waals surface area contributed by atoms with Crippen LogP contribution < -0.4 is 0 Å². The van der Waals surface area contributed by atoms with E-state index in [1.54, 1.807) is 0 Å². The van der Waals surface area contributed by atoms with Gasteiger partial charge in [-0.1, -0.05) is 19.9 Å². The second-order valence-electron chi connectivity index (χ2n) is 4.31. The molecule has 0 saturated heterocycles. The number of hydrogen-bond donors (Lipinski definition) is 0. The maximum Gasteiger partial charge on any atom is 0.329 e. The molecule has 16 heavy (non-hydrogen) atoms. The lowest BCUT2D eigenvalue weighted by Crippen LogP contribution is -2.15. The van der Waals surface area contributed by atoms with Gasteiger partial charge in [0.05, 0.1) is 18.8 Å². The Kier molecular flexibility index (Phi) is 3.99. The Hall–Kier alpha value is -1.44. The van der Waals surface area contributed by atoms with Crippen LogP contribution in [0.25, 0.3) is 6.08 Å². The molecule has 2 nitrogen and oxygen atoms in total. The Bertz CT molecular complexity index is 414. The topological polar surface area (TPSA) is 15.9 Å². The fraction of sp³-hybridized carbons (Fsp3) is 0.429. The fourth-order valence-electron chi connectivity index (χ4n) is 1.74. The van der Waals surface area contributed by atoms with Gasteiger partial charge in [-0.25, -0.2) is 4.58 Å². The van der Waals surface area contributed by atoms with E-state index in [0.29, 0.717) is 0 Å². The summed E-state index contributed by atoms with van der Waals surface area (Å²) < 4.78 is 2.09. The molecular formula is C14H21N2+. The van der Waals surface area contributed by atoms with Crippen molar-refractivity contribution in [2.45, 2.75) is 27.7 Å². The largest absolute Gasteiger partial charge is 0.329 e. The van der Waals surface area contributed by atoms with Crippen molar-refractivity contribution in [1.29, 1.82) is 0 Å². The zero-order chi connectivity index (χ0) is 12.2. The van der Waals surface area contributed by atoms with E-state index in [0.717, 1.165) is 5.82 Å². The summed E-state index contributed by atoms with van der Waals surface area (Å²) in [7, 11) is 2.04. The molecule has 1 aliphatic heterocycles. The van der Waals surface area contributed by atoms with Gasteiger partial charge in [0.2, 0.25) is 0 Å². The van der Waals surface area contributed by atoms with Crippen LogP contribution in [0.1, 0.15) is 33.3 Å². The van der Waals surface area contributed by atoms with Crippen LogP contribution in [0.4, 0.5) is 5.82 Å². The molecule has 0 N–H and O–H groups in total. The third kappa shape index (κ3) is 2.78. The summed E-state index contributed by atoms with van der Waals surface area (Å²) >= 11 is 0. The van der Waals surface area contributed by atoms with Gasteiger partial charge in [0.1, 0.15) is 6.20 Å². The molecule has 0 bridgehead atoms. The van der Waals surface area contributed by atoms with E-state index < -0.39 is 0 Å². The van der Waals surface area contributed by atoms with Gasteiger partial charge in [-0.05, 0) is 37.0 Å². The van der Waals surface area contributed by atoms with Gasteiger partial charge in [-0.3, -0.25) is 0 Å². The summed E-state index contributed by atoms with van der Waals surface area (Å²) in [5, 5.41) is 0. The van der Waals surface area contributed by atoms with Crippen molar-refractivity contribution in [3.05, 3.63) is 30.0 Å². The third-order valence-corrected chi connectivity index (χ3v) is 2.37. The molecule has 0 fully saturated rings. The van der Waals surface area contributed by atoms with E-state index in [-0.39, 0.29) is 5.41 Å². The highest BCUT2D eigenvalue weighted by molar-refractivity contribution is 5.72. The standard InChI is InChI=1S/C12H15N2.C2H6/c1-12(2)7-6-10-5-4-8-13-11(10)14(3)9-12;1-2/h4-9H,1-3H3;1-2H3/q+1;. The average molecular weight is 217 g/mol. The first-order valence-corrected chi connectivity index (χ1v) is 5.82. The number of pyridine rings is 1. The Labute approximate surface area is 98.4 Å². The first-order valence-electron chi connectivity index (χ1n) is 5.82. The van der Waals surface area contributed by atoms with Crippen LogP contribution in [0.3, 0.4) is 0 Å². The van der Waals surface area contributed by atoms with Crippen molar-refractivity contribution < 1.29 is 4.58 Å². The Morgan fingerprint density at radius 2 is 1.94 bits per heavy atom. The van der Waals surface area contributed by atoms with Crippen LogP contribution in [-0.2, 0) is 0 Å². The van der Waals surface area contributed by atoms with E-state index in [1.807, 2.05) is 33.2 Å². The van der Waals surface area contributed by atoms with Gasteiger partial charge in [-0.2, -0.15) is 0 Å². The zero-order valence-electron chi connectivity index (χ0n) is 10.9. The molecule has 0 aliphatic carbocycles. The maximum absolute atomic E-state index is 4.37. The van der Waals surface area contributed by atoms with Gasteiger partial charge >= 0.3 is 5.82 Å². The van der Waals surface area contributed by atoms with Gasteiger partial charge in [-0.15, -0.1) is 0 Å². The minimum atomic E-state index is 0.0927. The molecule has 0 amide bonds. The molecule has 2 heterocycles. The minimum Gasteiger partial charge on any atom is -0.236 e. The van der Waals surface area contributed by atoms with E-state index in [4.69, 9.17) is 0 Å². The molecule has 0 aromatic carbocycles. The molecule has 1 aromatic rings. The van der Waals surface area contributed by atoms with Crippen LogP contribution >= 0.6 is 0 Å². The zero-order valence-corrected chi connectivity index (χ0v) is 10.9. The first kappa shape index (κ1) is 12.6. The van der Waals surface area contributed by atoms with E-state index in [9.17, 15) is 0 Å². The average Bonchev–Trinajstić information content (AvgIpc) is 2.39. The van der Waals surface area contributed by atoms with Crippen LogP contribution in [0, 0.1) is 5.41 Å². The number of nitrogens with zero attached hydrogens (tertiary/aromatic N) is 2. The quantitative estimate of drug-likeness (QED) is 0.607. The smallest absolute Gasteiger partial charge is 0.236 e. The van der Waals surface area contributed by atoms with Crippen LogP contribution in [-0.4, -0.2) is 22.8 Å². The molecule has 1 aliphatic rings. The Balaban J connectivity index is 0.000000606. The summed E-state index contributed by atoms with van der Waals surface area (Å²) in [6, 6.07) is 4.06. The molecule has 0 unspecified atom stereocenters. The lowest BCUT2D eigenvalue weighted by molar-refractivity contribution is -0.407. The normalized spacial score (nSPS) is 16.4. The molecule has 0 atom stereocenters. The van der Waals surface area contributed by atoms with Gasteiger partial charge in [0.15, 0.2) is 0 Å². The van der Waals surface area contributed by atoms with Crippen molar-refractivity contribution in [2.75, 3.05) is 7.05 Å². The van der Waals surface area contributed by atoms with Crippen molar-refractivity contribution in [2.24, 2.45) is 5.41 Å². The number of hydrogen-bond acceptors (Lipinski definition) is 1. The number of rotatable bonds is 0. The van der Waals surface area contributed by atoms with Gasteiger partial charge in [0, 0.05) is 5.41 Å². The van der Waals surface area contributed by atoms with E-state index in [2.05, 4.69) is 47.8 Å². The van der Waals surface area contributed by atoms with Crippen LogP contribution in [0.2, 0.25) is 0 Å². The Morgan fingerprint density at radius 1 is 1.25 bits per heavy atom. The van der Waals surface area contributed by atoms with Crippen LogP contribution in [0.15, 0.2) is 24.4 Å². The fourth-order valence-corrected chi connectivity index (χ4v) is 1.74. The molecule has 0 saturated carbocycles. The number of fused-ring (bicyclic) bond motifs is 1. The minimum absolute atomic E-state index is 0.0927. The highest BCUT2D eigenvalue weighted by Crippen LogP contribution is 2.24. The van der Waals surface area contributed by atoms with Gasteiger partial charge in [0.25, 0.3) is 0 Å². The van der Waals surface area contributed by atoms with Gasteiger partial charge < -0.3 is 0 Å². The lowest BCUT2D eigenvalue weighted by atomic mass is 9.95. The second kappa shape index (κ2) is 5.06. The highest BCUT2D eigenvalue weighted by Gasteiger charge is 2.21. The molecule has 0 spiro atoms. The van der Waals surface area contributed by atoms with Crippen molar-refractivity contribution in [3.63, 3.8) is 0 Å². The summed E-state index contributed by atoms with van der Waals surface area (Å²) in [5.74, 6) is 1.02. The number of allylic oxidation sites excluding steroid dienone is 1. The van der Waals surface area contributed by atoms with Crippen molar-refractivity contribution in [1.82, 2.24) is 4.98 Å². The molecule has 86 valence electrons. The molecule has 2 rings (SSSR count). The Morgan fingerprint density at radius 3 is 2.62 bits per heavy atom. The molecule has 2 heteroatoms. The maximum atomic E-state index is 4.37. The van der Waals surface area contributed by atoms with Crippen LogP contribution in [0.5, 0.6) is 0 Å². The second-order valence-corrected chi connectivity index (χ2v) is 4.31. The van der Waals surface area contributed by atoms with E-state index in [1.165, 1.54) is 5.56 Å². The van der Waals surface area contributed by atoms with E-state index >= 15 is 0 Å². The van der Waals surface area contributed by atoms with Crippen molar-refractivity contribution >= 4 is 18.1 Å². The lowest BCUT2D eigenvalue weighted by Gasteiger charge is -2.10. The monoisotopic (exact) mass is 217 g/mol. The highest BCUT2D eigenvalue weighted by atomic mass is 15.1. The molecular weight excluding hydrogens is 196 g/mol. The summed E-state index contributed by atoms with van der Waals surface area (Å²) in [4.78, 5) is 4.37.